The molecule has 0 aliphatic carbocycles. The zero-order valence-electron chi connectivity index (χ0n) is 11.4. The molecule has 1 aromatic carbocycles. The van der Waals surface area contributed by atoms with Gasteiger partial charge in [0.15, 0.2) is 0 Å². The van der Waals surface area contributed by atoms with Crippen LogP contribution in [0.4, 0.5) is 0 Å². The van der Waals surface area contributed by atoms with Crippen molar-refractivity contribution in [3.63, 3.8) is 0 Å². The number of nitrogens with two attached hydrogens (primary N) is 1. The molecule has 3 heteroatoms. The first-order valence-electron chi connectivity index (χ1n) is 6.80. The monoisotopic (exact) mass is 269 g/mol. The molecule has 0 heterocycles. The standard InChI is InChI=1S/C15H24ClNO/c1-3-4-5-6-9-18-15-8-7-13(10-12(2)17)11-14(15)16/h7-8,11-12H,3-6,9-10,17H2,1-2H3. The van der Waals surface area contributed by atoms with E-state index in [4.69, 9.17) is 22.1 Å². The third-order valence-electron chi connectivity index (χ3n) is 2.81. The number of unbranched alkanes of at least 4 members (excludes halogenated alkanes) is 3. The molecule has 0 amide bonds. The summed E-state index contributed by atoms with van der Waals surface area (Å²) in [6, 6.07) is 6.09. The van der Waals surface area contributed by atoms with E-state index in [0.717, 1.165) is 30.8 Å². The van der Waals surface area contributed by atoms with Gasteiger partial charge < -0.3 is 10.5 Å². The molecule has 1 aromatic rings. The van der Waals surface area contributed by atoms with Crippen molar-refractivity contribution in [1.82, 2.24) is 0 Å². The average Bonchev–Trinajstić information content (AvgIpc) is 2.30. The molecule has 0 spiro atoms. The Morgan fingerprint density at radius 2 is 2.06 bits per heavy atom. The number of halogens is 1. The minimum Gasteiger partial charge on any atom is -0.492 e. The molecule has 0 aliphatic rings. The summed E-state index contributed by atoms with van der Waals surface area (Å²) >= 11 is 6.19. The number of hydrogen-bond donors (Lipinski definition) is 1. The van der Waals surface area contributed by atoms with Crippen LogP contribution in [0.15, 0.2) is 18.2 Å². The Morgan fingerprint density at radius 1 is 1.28 bits per heavy atom. The number of hydrogen-bond acceptors (Lipinski definition) is 2. The molecule has 0 aromatic heterocycles. The Hall–Kier alpha value is -0.730. The summed E-state index contributed by atoms with van der Waals surface area (Å²) in [6.45, 7) is 4.94. The van der Waals surface area contributed by atoms with Gasteiger partial charge >= 0.3 is 0 Å². The van der Waals surface area contributed by atoms with Crippen LogP contribution in [0.2, 0.25) is 5.02 Å². The van der Waals surface area contributed by atoms with Crippen LogP contribution in [-0.4, -0.2) is 12.6 Å². The van der Waals surface area contributed by atoms with Gasteiger partial charge in [0.2, 0.25) is 0 Å². The lowest BCUT2D eigenvalue weighted by Gasteiger charge is -2.10. The minimum absolute atomic E-state index is 0.155. The maximum atomic E-state index is 6.19. The lowest BCUT2D eigenvalue weighted by atomic mass is 10.1. The van der Waals surface area contributed by atoms with Crippen LogP contribution in [0, 0.1) is 0 Å². The largest absolute Gasteiger partial charge is 0.492 e. The maximum absolute atomic E-state index is 6.19. The van der Waals surface area contributed by atoms with Gasteiger partial charge in [0.25, 0.3) is 0 Å². The molecule has 1 rings (SSSR count). The molecule has 0 aliphatic heterocycles. The van der Waals surface area contributed by atoms with Gasteiger partial charge in [0, 0.05) is 6.04 Å². The quantitative estimate of drug-likeness (QED) is 0.718. The van der Waals surface area contributed by atoms with Crippen molar-refractivity contribution in [2.24, 2.45) is 5.73 Å². The fraction of sp³-hybridized carbons (Fsp3) is 0.600. The second-order valence-electron chi connectivity index (χ2n) is 4.86. The second kappa shape index (κ2) is 8.39. The van der Waals surface area contributed by atoms with E-state index in [-0.39, 0.29) is 6.04 Å². The molecule has 18 heavy (non-hydrogen) atoms. The van der Waals surface area contributed by atoms with Crippen LogP contribution in [-0.2, 0) is 6.42 Å². The molecule has 0 saturated heterocycles. The molecule has 2 nitrogen and oxygen atoms in total. The number of benzene rings is 1. The Kier molecular flexibility index (Phi) is 7.14. The summed E-state index contributed by atoms with van der Waals surface area (Å²) in [5.74, 6) is 0.779. The summed E-state index contributed by atoms with van der Waals surface area (Å²) in [4.78, 5) is 0. The summed E-state index contributed by atoms with van der Waals surface area (Å²) in [5, 5.41) is 0.684. The highest BCUT2D eigenvalue weighted by Gasteiger charge is 2.04. The fourth-order valence-corrected chi connectivity index (χ4v) is 2.13. The molecule has 0 bridgehead atoms. The highest BCUT2D eigenvalue weighted by atomic mass is 35.5. The molecule has 0 saturated carbocycles. The van der Waals surface area contributed by atoms with E-state index >= 15 is 0 Å². The topological polar surface area (TPSA) is 35.2 Å². The minimum atomic E-state index is 0.155. The van der Waals surface area contributed by atoms with Gasteiger partial charge in [-0.1, -0.05) is 43.9 Å². The summed E-state index contributed by atoms with van der Waals surface area (Å²) in [5.41, 5.74) is 6.93. The highest BCUT2D eigenvalue weighted by Crippen LogP contribution is 2.26. The molecular formula is C15H24ClNO. The van der Waals surface area contributed by atoms with E-state index in [1.54, 1.807) is 0 Å². The SMILES string of the molecule is CCCCCCOc1ccc(CC(C)N)cc1Cl. The van der Waals surface area contributed by atoms with Crippen molar-refractivity contribution in [2.75, 3.05) is 6.61 Å². The highest BCUT2D eigenvalue weighted by molar-refractivity contribution is 6.32. The van der Waals surface area contributed by atoms with Crippen molar-refractivity contribution < 1.29 is 4.74 Å². The fourth-order valence-electron chi connectivity index (χ4n) is 1.87. The van der Waals surface area contributed by atoms with Crippen molar-refractivity contribution >= 4 is 11.6 Å². The van der Waals surface area contributed by atoms with Gasteiger partial charge in [-0.05, 0) is 37.5 Å². The van der Waals surface area contributed by atoms with Crippen molar-refractivity contribution in [1.29, 1.82) is 0 Å². The third-order valence-corrected chi connectivity index (χ3v) is 3.10. The maximum Gasteiger partial charge on any atom is 0.137 e. The van der Waals surface area contributed by atoms with Gasteiger partial charge in [-0.15, -0.1) is 0 Å². The molecule has 1 unspecified atom stereocenters. The number of ether oxygens (including phenoxy) is 1. The van der Waals surface area contributed by atoms with Crippen LogP contribution in [0.25, 0.3) is 0 Å². The Morgan fingerprint density at radius 3 is 2.67 bits per heavy atom. The second-order valence-corrected chi connectivity index (χ2v) is 5.26. The Labute approximate surface area is 115 Å². The first kappa shape index (κ1) is 15.3. The van der Waals surface area contributed by atoms with Crippen LogP contribution in [0.5, 0.6) is 5.75 Å². The zero-order chi connectivity index (χ0) is 13.4. The van der Waals surface area contributed by atoms with E-state index in [0.29, 0.717) is 5.02 Å². The van der Waals surface area contributed by atoms with Crippen molar-refractivity contribution in [2.45, 2.75) is 52.0 Å². The van der Waals surface area contributed by atoms with E-state index < -0.39 is 0 Å². The molecular weight excluding hydrogens is 246 g/mol. The van der Waals surface area contributed by atoms with Gasteiger partial charge in [0.1, 0.15) is 5.75 Å². The zero-order valence-corrected chi connectivity index (χ0v) is 12.2. The normalized spacial score (nSPS) is 12.4. The molecule has 0 radical (unpaired) electrons. The Bertz CT molecular complexity index is 352. The predicted molar refractivity (Wildman–Crippen MR) is 78.4 cm³/mol. The van der Waals surface area contributed by atoms with Crippen LogP contribution in [0.1, 0.15) is 45.1 Å². The van der Waals surface area contributed by atoms with Gasteiger partial charge in [0.05, 0.1) is 11.6 Å². The lowest BCUT2D eigenvalue weighted by molar-refractivity contribution is 0.305. The van der Waals surface area contributed by atoms with E-state index in [1.807, 2.05) is 25.1 Å². The van der Waals surface area contributed by atoms with Gasteiger partial charge in [-0.25, -0.2) is 0 Å². The van der Waals surface area contributed by atoms with E-state index in [2.05, 4.69) is 6.92 Å². The third kappa shape index (κ3) is 5.74. The number of rotatable bonds is 8. The molecule has 102 valence electrons. The first-order valence-corrected chi connectivity index (χ1v) is 7.18. The average molecular weight is 270 g/mol. The summed E-state index contributed by atoms with van der Waals surface area (Å²) < 4.78 is 5.68. The first-order chi connectivity index (χ1) is 8.63. The van der Waals surface area contributed by atoms with Crippen molar-refractivity contribution in [3.05, 3.63) is 28.8 Å². The van der Waals surface area contributed by atoms with E-state index in [1.165, 1.54) is 19.3 Å². The van der Waals surface area contributed by atoms with E-state index in [9.17, 15) is 0 Å². The van der Waals surface area contributed by atoms with Crippen LogP contribution in [0.3, 0.4) is 0 Å². The van der Waals surface area contributed by atoms with Gasteiger partial charge in [-0.2, -0.15) is 0 Å². The Balaban J connectivity index is 2.42. The summed E-state index contributed by atoms with van der Waals surface area (Å²) in [7, 11) is 0. The molecule has 2 N–H and O–H groups in total. The predicted octanol–water partition coefficient (Wildman–Crippen LogP) is 4.19. The van der Waals surface area contributed by atoms with Gasteiger partial charge in [-0.3, -0.25) is 0 Å². The molecule has 0 fully saturated rings. The van der Waals surface area contributed by atoms with Crippen LogP contribution >= 0.6 is 11.6 Å². The molecule has 1 atom stereocenters. The van der Waals surface area contributed by atoms with Crippen molar-refractivity contribution in [3.8, 4) is 5.75 Å². The smallest absolute Gasteiger partial charge is 0.137 e. The van der Waals surface area contributed by atoms with Crippen LogP contribution < -0.4 is 10.5 Å². The lowest BCUT2D eigenvalue weighted by Crippen LogP contribution is -2.17. The summed E-state index contributed by atoms with van der Waals surface area (Å²) in [6.07, 6.45) is 5.66.